The van der Waals surface area contributed by atoms with E-state index in [9.17, 15) is 0 Å². The molecule has 0 aromatic carbocycles. The molecule has 2 aliphatic heterocycles. The van der Waals surface area contributed by atoms with Crippen LogP contribution >= 0.6 is 0 Å². The summed E-state index contributed by atoms with van der Waals surface area (Å²) in [5.41, 5.74) is 0.670. The summed E-state index contributed by atoms with van der Waals surface area (Å²) in [6.07, 6.45) is 3.59. The summed E-state index contributed by atoms with van der Waals surface area (Å²) in [4.78, 5) is 15.9. The first-order valence-electron chi connectivity index (χ1n) is 8.53. The monoisotopic (exact) mass is 330 g/mol. The van der Waals surface area contributed by atoms with Crippen LogP contribution in [0.1, 0.15) is 19.8 Å². The fourth-order valence-electron chi connectivity index (χ4n) is 3.18. The van der Waals surface area contributed by atoms with Gasteiger partial charge in [-0.2, -0.15) is 9.97 Å². The zero-order chi connectivity index (χ0) is 16.4. The summed E-state index contributed by atoms with van der Waals surface area (Å²) in [7, 11) is 0. The number of fused-ring (bicyclic) bond motifs is 1. The lowest BCUT2D eigenvalue weighted by atomic mass is 10.2. The van der Waals surface area contributed by atoms with E-state index in [1.165, 1.54) is 0 Å². The first-order valence-corrected chi connectivity index (χ1v) is 8.53. The number of nitrogens with zero attached hydrogens (tertiary/aromatic N) is 4. The Labute approximate surface area is 141 Å². The Hall–Kier alpha value is -1.99. The molecule has 2 aliphatic rings. The van der Waals surface area contributed by atoms with Crippen LogP contribution in [0.5, 0.6) is 6.01 Å². The Morgan fingerprint density at radius 2 is 2.04 bits per heavy atom. The van der Waals surface area contributed by atoms with Gasteiger partial charge in [0.1, 0.15) is 11.9 Å². The summed E-state index contributed by atoms with van der Waals surface area (Å²) in [6, 6.07) is 4.59. The van der Waals surface area contributed by atoms with Gasteiger partial charge in [0, 0.05) is 25.6 Å². The summed E-state index contributed by atoms with van der Waals surface area (Å²) in [5, 5.41) is 0.950. The zero-order valence-electron chi connectivity index (χ0n) is 13.9. The van der Waals surface area contributed by atoms with Crippen molar-refractivity contribution in [1.82, 2.24) is 15.0 Å². The minimum absolute atomic E-state index is 0.106. The van der Waals surface area contributed by atoms with Gasteiger partial charge >= 0.3 is 6.01 Å². The van der Waals surface area contributed by atoms with Crippen molar-refractivity contribution in [2.24, 2.45) is 0 Å². The maximum atomic E-state index is 6.03. The second-order valence-electron chi connectivity index (χ2n) is 6.25. The number of hydrogen-bond acceptors (Lipinski definition) is 7. The molecular formula is C17H22N4O3. The van der Waals surface area contributed by atoms with Crippen molar-refractivity contribution in [3.05, 3.63) is 18.3 Å². The quantitative estimate of drug-likeness (QED) is 0.850. The van der Waals surface area contributed by atoms with Gasteiger partial charge in [-0.25, -0.2) is 4.98 Å². The van der Waals surface area contributed by atoms with Crippen molar-refractivity contribution in [3.63, 3.8) is 0 Å². The summed E-state index contributed by atoms with van der Waals surface area (Å²) < 4.78 is 17.0. The minimum atomic E-state index is 0.106. The highest BCUT2D eigenvalue weighted by Crippen LogP contribution is 2.28. The van der Waals surface area contributed by atoms with Gasteiger partial charge < -0.3 is 19.1 Å². The van der Waals surface area contributed by atoms with Crippen LogP contribution in [-0.4, -0.2) is 60.1 Å². The molecule has 4 rings (SSSR count). The Morgan fingerprint density at radius 1 is 1.17 bits per heavy atom. The van der Waals surface area contributed by atoms with Crippen LogP contribution in [0.2, 0.25) is 0 Å². The standard InChI is InChI=1S/C17H22N4O3/c1-12-11-23-10-7-21(12)16-14-3-2-6-18-15(14)19-17(20-16)24-13-4-8-22-9-5-13/h2-3,6,12-13H,4-5,7-11H2,1H3/t12-/m0/s1. The van der Waals surface area contributed by atoms with E-state index in [-0.39, 0.29) is 12.1 Å². The fourth-order valence-corrected chi connectivity index (χ4v) is 3.18. The van der Waals surface area contributed by atoms with Crippen molar-refractivity contribution in [3.8, 4) is 6.01 Å². The third-order valence-corrected chi connectivity index (χ3v) is 4.51. The molecule has 0 spiro atoms. The number of morpholine rings is 1. The van der Waals surface area contributed by atoms with Crippen LogP contribution in [0, 0.1) is 0 Å². The predicted octanol–water partition coefficient (Wildman–Crippen LogP) is 1.81. The maximum absolute atomic E-state index is 6.03. The highest BCUT2D eigenvalue weighted by atomic mass is 16.5. The van der Waals surface area contributed by atoms with E-state index in [2.05, 4.69) is 21.8 Å². The van der Waals surface area contributed by atoms with Crippen molar-refractivity contribution in [1.29, 1.82) is 0 Å². The lowest BCUT2D eigenvalue weighted by Gasteiger charge is -2.35. The smallest absolute Gasteiger partial charge is 0.320 e. The van der Waals surface area contributed by atoms with Gasteiger partial charge in [0.15, 0.2) is 5.65 Å². The SMILES string of the molecule is C[C@H]1COCCN1c1nc(OC2CCOCC2)nc2ncccc12. The summed E-state index contributed by atoms with van der Waals surface area (Å²) in [5.74, 6) is 0.881. The van der Waals surface area contributed by atoms with E-state index < -0.39 is 0 Å². The zero-order valence-corrected chi connectivity index (χ0v) is 13.9. The first-order chi connectivity index (χ1) is 11.8. The van der Waals surface area contributed by atoms with Gasteiger partial charge in [-0.05, 0) is 19.1 Å². The summed E-state index contributed by atoms with van der Waals surface area (Å²) >= 11 is 0. The van der Waals surface area contributed by atoms with Gasteiger partial charge in [0.2, 0.25) is 0 Å². The van der Waals surface area contributed by atoms with Crippen LogP contribution in [0.15, 0.2) is 18.3 Å². The predicted molar refractivity (Wildman–Crippen MR) is 89.4 cm³/mol. The van der Waals surface area contributed by atoms with Crippen molar-refractivity contribution in [2.45, 2.75) is 31.9 Å². The number of aromatic nitrogens is 3. The number of rotatable bonds is 3. The van der Waals surface area contributed by atoms with E-state index in [0.717, 1.165) is 43.8 Å². The van der Waals surface area contributed by atoms with E-state index in [1.807, 2.05) is 12.1 Å². The molecular weight excluding hydrogens is 308 g/mol. The van der Waals surface area contributed by atoms with Crippen molar-refractivity contribution < 1.29 is 14.2 Å². The molecule has 0 saturated carbocycles. The molecule has 1 atom stereocenters. The van der Waals surface area contributed by atoms with Crippen LogP contribution < -0.4 is 9.64 Å². The average molecular weight is 330 g/mol. The van der Waals surface area contributed by atoms with Gasteiger partial charge in [-0.3, -0.25) is 0 Å². The van der Waals surface area contributed by atoms with Crippen molar-refractivity contribution in [2.75, 3.05) is 37.9 Å². The molecule has 24 heavy (non-hydrogen) atoms. The molecule has 0 amide bonds. The van der Waals surface area contributed by atoms with E-state index in [4.69, 9.17) is 19.2 Å². The third kappa shape index (κ3) is 3.14. The maximum Gasteiger partial charge on any atom is 0.320 e. The molecule has 128 valence electrons. The lowest BCUT2D eigenvalue weighted by Crippen LogP contribution is -2.44. The van der Waals surface area contributed by atoms with E-state index in [0.29, 0.717) is 24.9 Å². The second kappa shape index (κ2) is 6.86. The Kier molecular flexibility index (Phi) is 4.44. The molecule has 2 fully saturated rings. The van der Waals surface area contributed by atoms with Crippen LogP contribution in [0.4, 0.5) is 5.82 Å². The number of ether oxygens (including phenoxy) is 3. The minimum Gasteiger partial charge on any atom is -0.460 e. The first kappa shape index (κ1) is 15.5. The molecule has 7 heteroatoms. The third-order valence-electron chi connectivity index (χ3n) is 4.51. The number of pyridine rings is 1. The largest absolute Gasteiger partial charge is 0.460 e. The highest BCUT2D eigenvalue weighted by Gasteiger charge is 2.25. The lowest BCUT2D eigenvalue weighted by molar-refractivity contribution is 0.0218. The molecule has 0 radical (unpaired) electrons. The molecule has 0 aliphatic carbocycles. The topological polar surface area (TPSA) is 69.6 Å². The van der Waals surface area contributed by atoms with Gasteiger partial charge in [-0.15, -0.1) is 0 Å². The van der Waals surface area contributed by atoms with Gasteiger partial charge in [-0.1, -0.05) is 0 Å². The number of hydrogen-bond donors (Lipinski definition) is 0. The highest BCUT2D eigenvalue weighted by molar-refractivity contribution is 5.87. The molecule has 0 bridgehead atoms. The Morgan fingerprint density at radius 3 is 2.88 bits per heavy atom. The van der Waals surface area contributed by atoms with E-state index in [1.54, 1.807) is 6.20 Å². The summed E-state index contributed by atoms with van der Waals surface area (Å²) in [6.45, 7) is 5.79. The number of anilines is 1. The molecule has 0 N–H and O–H groups in total. The molecule has 2 aromatic heterocycles. The molecule has 7 nitrogen and oxygen atoms in total. The van der Waals surface area contributed by atoms with Crippen molar-refractivity contribution >= 4 is 16.9 Å². The molecule has 4 heterocycles. The normalized spacial score (nSPS) is 22.7. The van der Waals surface area contributed by atoms with Gasteiger partial charge in [0.05, 0.1) is 37.9 Å². The van der Waals surface area contributed by atoms with Crippen LogP contribution in [0.25, 0.3) is 11.0 Å². The average Bonchev–Trinajstić information content (AvgIpc) is 2.62. The van der Waals surface area contributed by atoms with Crippen LogP contribution in [0.3, 0.4) is 0 Å². The second-order valence-corrected chi connectivity index (χ2v) is 6.25. The van der Waals surface area contributed by atoms with Crippen LogP contribution in [-0.2, 0) is 9.47 Å². The molecule has 2 aromatic rings. The molecule has 0 unspecified atom stereocenters. The fraction of sp³-hybridized carbons (Fsp3) is 0.588. The van der Waals surface area contributed by atoms with Gasteiger partial charge in [0.25, 0.3) is 0 Å². The van der Waals surface area contributed by atoms with E-state index >= 15 is 0 Å². The Balaban J connectivity index is 1.70. The molecule has 2 saturated heterocycles. The Bertz CT molecular complexity index is 705.